The van der Waals surface area contributed by atoms with Crippen molar-refractivity contribution in [1.29, 1.82) is 0 Å². The fraction of sp³-hybridized carbons (Fsp3) is 0.185. The van der Waals surface area contributed by atoms with Crippen molar-refractivity contribution in [2.24, 2.45) is 0 Å². The van der Waals surface area contributed by atoms with Crippen LogP contribution in [0.2, 0.25) is 0 Å². The highest BCUT2D eigenvalue weighted by molar-refractivity contribution is 6.03. The normalized spacial score (nSPS) is 10.7. The van der Waals surface area contributed by atoms with E-state index >= 15 is 0 Å². The van der Waals surface area contributed by atoms with E-state index in [-0.39, 0.29) is 11.8 Å². The first-order chi connectivity index (χ1) is 15.2. The van der Waals surface area contributed by atoms with E-state index in [0.29, 0.717) is 19.5 Å². The molecule has 0 unspecified atom stereocenters. The number of nitrogens with zero attached hydrogens (tertiary/aromatic N) is 1. The van der Waals surface area contributed by atoms with Crippen LogP contribution < -0.4 is 10.2 Å². The molecule has 0 aliphatic heterocycles. The Morgan fingerprint density at radius 1 is 0.839 bits per heavy atom. The van der Waals surface area contributed by atoms with Crippen molar-refractivity contribution >= 4 is 23.6 Å². The van der Waals surface area contributed by atoms with Gasteiger partial charge in [0.1, 0.15) is 0 Å². The highest BCUT2D eigenvalue weighted by atomic mass is 16.2. The Morgan fingerprint density at radius 2 is 1.48 bits per heavy atom. The number of hydrogen-bond donors (Lipinski definition) is 1. The third-order valence-electron chi connectivity index (χ3n) is 4.85. The zero-order valence-electron chi connectivity index (χ0n) is 17.8. The number of nitrogens with one attached hydrogen (secondary N) is 1. The molecule has 4 nitrogen and oxygen atoms in total. The zero-order chi connectivity index (χ0) is 21.9. The first-order valence-corrected chi connectivity index (χ1v) is 10.6. The lowest BCUT2D eigenvalue weighted by molar-refractivity contribution is -0.120. The van der Waals surface area contributed by atoms with Gasteiger partial charge in [0.2, 0.25) is 5.91 Å². The second kappa shape index (κ2) is 11.5. The minimum Gasteiger partial charge on any atom is -0.356 e. The van der Waals surface area contributed by atoms with Crippen LogP contribution in [-0.2, 0) is 22.6 Å². The maximum Gasteiger partial charge on any atom is 0.251 e. The van der Waals surface area contributed by atoms with Gasteiger partial charge in [-0.25, -0.2) is 0 Å². The molecule has 0 saturated heterocycles. The third-order valence-corrected chi connectivity index (χ3v) is 4.85. The first kappa shape index (κ1) is 22.0. The Kier molecular flexibility index (Phi) is 8.18. The lowest BCUT2D eigenvalue weighted by atomic mass is 10.1. The van der Waals surface area contributed by atoms with Crippen LogP contribution in [0.3, 0.4) is 0 Å². The predicted molar refractivity (Wildman–Crippen MR) is 127 cm³/mol. The second-order valence-electron chi connectivity index (χ2n) is 7.35. The summed E-state index contributed by atoms with van der Waals surface area (Å²) in [6, 6.07) is 27.3. The van der Waals surface area contributed by atoms with Gasteiger partial charge in [0.15, 0.2) is 0 Å². The minimum absolute atomic E-state index is 0.0117. The van der Waals surface area contributed by atoms with Gasteiger partial charge in [0.25, 0.3) is 5.91 Å². The summed E-state index contributed by atoms with van der Waals surface area (Å²) in [5.41, 5.74) is 3.74. The van der Waals surface area contributed by atoms with Crippen LogP contribution in [-0.4, -0.2) is 18.4 Å². The van der Waals surface area contributed by atoms with Crippen molar-refractivity contribution in [3.8, 4) is 0 Å². The summed E-state index contributed by atoms with van der Waals surface area (Å²) < 4.78 is 0. The van der Waals surface area contributed by atoms with Crippen molar-refractivity contribution in [2.75, 3.05) is 11.4 Å². The summed E-state index contributed by atoms with van der Waals surface area (Å²) in [4.78, 5) is 26.8. The molecule has 0 heterocycles. The van der Waals surface area contributed by atoms with Gasteiger partial charge in [-0.1, -0.05) is 79.7 Å². The first-order valence-electron chi connectivity index (χ1n) is 10.6. The predicted octanol–water partition coefficient (Wildman–Crippen LogP) is 5.00. The summed E-state index contributed by atoms with van der Waals surface area (Å²) in [6.07, 6.45) is 4.68. The van der Waals surface area contributed by atoms with Crippen molar-refractivity contribution in [2.45, 2.75) is 26.3 Å². The molecule has 1 N–H and O–H groups in total. The quantitative estimate of drug-likeness (QED) is 0.503. The molecule has 0 atom stereocenters. The van der Waals surface area contributed by atoms with E-state index in [0.717, 1.165) is 28.8 Å². The van der Waals surface area contributed by atoms with Gasteiger partial charge >= 0.3 is 0 Å². The fourth-order valence-corrected chi connectivity index (χ4v) is 3.19. The number of anilines is 1. The molecular weight excluding hydrogens is 384 g/mol. The van der Waals surface area contributed by atoms with Crippen LogP contribution in [0.4, 0.5) is 5.69 Å². The number of amides is 2. The topological polar surface area (TPSA) is 49.4 Å². The molecule has 3 rings (SSSR count). The zero-order valence-corrected chi connectivity index (χ0v) is 17.8. The molecule has 3 aromatic rings. The molecule has 0 fully saturated rings. The van der Waals surface area contributed by atoms with E-state index < -0.39 is 0 Å². The Hall–Kier alpha value is -3.66. The van der Waals surface area contributed by atoms with E-state index in [1.165, 1.54) is 0 Å². The molecule has 0 aliphatic carbocycles. The molecular formula is C27H28N2O2. The van der Waals surface area contributed by atoms with Crippen molar-refractivity contribution in [3.05, 3.63) is 108 Å². The average molecular weight is 413 g/mol. The van der Waals surface area contributed by atoms with Gasteiger partial charge < -0.3 is 10.2 Å². The van der Waals surface area contributed by atoms with Gasteiger partial charge in [0.05, 0.1) is 13.0 Å². The lowest BCUT2D eigenvalue weighted by Crippen LogP contribution is -2.29. The van der Waals surface area contributed by atoms with Crippen LogP contribution >= 0.6 is 0 Å². The van der Waals surface area contributed by atoms with Crippen LogP contribution in [0.5, 0.6) is 0 Å². The SMILES string of the molecule is CCCNC(=O)Cc1ccc(N(Cc2ccccc2)C(=O)C=Cc2ccccc2)cc1. The maximum absolute atomic E-state index is 13.1. The molecule has 0 saturated carbocycles. The standard InChI is InChI=1S/C27H28N2O2/c1-2-19-28-26(30)20-23-13-16-25(17-14-23)29(21-24-11-7-4-8-12-24)27(31)18-15-22-9-5-3-6-10-22/h3-18H,2,19-21H2,1H3,(H,28,30). The molecule has 4 heteroatoms. The molecule has 0 spiro atoms. The van der Waals surface area contributed by atoms with Gasteiger partial charge in [-0.2, -0.15) is 0 Å². The Morgan fingerprint density at radius 3 is 2.13 bits per heavy atom. The Bertz CT molecular complexity index is 996. The van der Waals surface area contributed by atoms with Gasteiger partial charge in [0, 0.05) is 18.3 Å². The van der Waals surface area contributed by atoms with Crippen molar-refractivity contribution in [1.82, 2.24) is 5.32 Å². The number of rotatable bonds is 9. The molecule has 0 bridgehead atoms. The van der Waals surface area contributed by atoms with Crippen LogP contribution in [0.15, 0.2) is 91.0 Å². The van der Waals surface area contributed by atoms with E-state index in [9.17, 15) is 9.59 Å². The van der Waals surface area contributed by atoms with Crippen LogP contribution in [0.1, 0.15) is 30.0 Å². The highest BCUT2D eigenvalue weighted by Gasteiger charge is 2.14. The number of benzene rings is 3. The average Bonchev–Trinajstić information content (AvgIpc) is 2.81. The number of carbonyl (C=O) groups excluding carboxylic acids is 2. The molecule has 0 radical (unpaired) electrons. The summed E-state index contributed by atoms with van der Waals surface area (Å²) in [7, 11) is 0. The van der Waals surface area contributed by atoms with Crippen LogP contribution in [0, 0.1) is 0 Å². The molecule has 0 aliphatic rings. The largest absolute Gasteiger partial charge is 0.356 e. The molecule has 3 aromatic carbocycles. The molecule has 31 heavy (non-hydrogen) atoms. The molecule has 0 aromatic heterocycles. The molecule has 158 valence electrons. The summed E-state index contributed by atoms with van der Waals surface area (Å²) >= 11 is 0. The van der Waals surface area contributed by atoms with E-state index in [2.05, 4.69) is 5.32 Å². The fourth-order valence-electron chi connectivity index (χ4n) is 3.19. The maximum atomic E-state index is 13.1. The van der Waals surface area contributed by atoms with Gasteiger partial charge in [-0.3, -0.25) is 9.59 Å². The van der Waals surface area contributed by atoms with Crippen LogP contribution in [0.25, 0.3) is 6.08 Å². The Balaban J connectivity index is 1.78. The Labute approximate surface area is 184 Å². The third kappa shape index (κ3) is 6.96. The van der Waals surface area contributed by atoms with Crippen molar-refractivity contribution in [3.63, 3.8) is 0 Å². The van der Waals surface area contributed by atoms with E-state index in [4.69, 9.17) is 0 Å². The van der Waals surface area contributed by atoms with Gasteiger partial charge in [-0.05, 0) is 41.3 Å². The highest BCUT2D eigenvalue weighted by Crippen LogP contribution is 2.20. The number of carbonyl (C=O) groups is 2. The van der Waals surface area contributed by atoms with E-state index in [1.54, 1.807) is 11.0 Å². The summed E-state index contributed by atoms with van der Waals surface area (Å²) in [5, 5.41) is 2.89. The summed E-state index contributed by atoms with van der Waals surface area (Å²) in [6.45, 7) is 3.18. The summed E-state index contributed by atoms with van der Waals surface area (Å²) in [5.74, 6) is -0.0845. The van der Waals surface area contributed by atoms with Gasteiger partial charge in [-0.15, -0.1) is 0 Å². The van der Waals surface area contributed by atoms with Crippen molar-refractivity contribution < 1.29 is 9.59 Å². The lowest BCUT2D eigenvalue weighted by Gasteiger charge is -2.22. The van der Waals surface area contributed by atoms with E-state index in [1.807, 2.05) is 97.9 Å². The smallest absolute Gasteiger partial charge is 0.251 e. The second-order valence-corrected chi connectivity index (χ2v) is 7.35. The minimum atomic E-state index is -0.0962. The monoisotopic (exact) mass is 412 g/mol. The molecule has 2 amide bonds. The number of hydrogen-bond acceptors (Lipinski definition) is 2.